The van der Waals surface area contributed by atoms with E-state index in [4.69, 9.17) is 19.0 Å². The van der Waals surface area contributed by atoms with Gasteiger partial charge in [-0.05, 0) is 50.6 Å². The van der Waals surface area contributed by atoms with E-state index in [9.17, 15) is 14.7 Å². The zero-order valence-corrected chi connectivity index (χ0v) is 19.2. The molecule has 2 aromatic carbocycles. The highest BCUT2D eigenvalue weighted by molar-refractivity contribution is 6.04. The molecule has 9 nitrogen and oxygen atoms in total. The van der Waals surface area contributed by atoms with Crippen molar-refractivity contribution in [1.82, 2.24) is 0 Å². The number of carboxylic acids is 1. The van der Waals surface area contributed by atoms with Gasteiger partial charge in [0.2, 0.25) is 0 Å². The van der Waals surface area contributed by atoms with E-state index in [1.54, 1.807) is 31.3 Å². The van der Waals surface area contributed by atoms with Crippen LogP contribution in [-0.2, 0) is 9.63 Å². The number of benzene rings is 2. The number of likely N-dealkylation sites (N-methyl/N-ethyl adjacent to an activating group) is 1. The Labute approximate surface area is 192 Å². The fraction of sp³-hybridized carbons (Fsp3) is 0.375. The summed E-state index contributed by atoms with van der Waals surface area (Å²) in [6.07, 6.45) is 0.655. The van der Waals surface area contributed by atoms with Crippen LogP contribution < -0.4 is 19.1 Å². The predicted octanol–water partition coefficient (Wildman–Crippen LogP) is 3.74. The first-order chi connectivity index (χ1) is 15.8. The molecule has 1 heterocycles. The highest BCUT2D eigenvalue weighted by atomic mass is 16.6. The quantitative estimate of drug-likeness (QED) is 0.330. The lowest BCUT2D eigenvalue weighted by atomic mass is 10.1. The Morgan fingerprint density at radius 2 is 1.94 bits per heavy atom. The second-order valence-corrected chi connectivity index (χ2v) is 7.75. The number of anilines is 1. The number of carbonyl (C=O) groups excluding carboxylic acids is 1. The van der Waals surface area contributed by atoms with Crippen molar-refractivity contribution in [3.8, 4) is 17.2 Å². The molecule has 0 bridgehead atoms. The molecule has 0 fully saturated rings. The zero-order chi connectivity index (χ0) is 24.0. The Hall–Kier alpha value is -3.75. The molecule has 2 aromatic rings. The van der Waals surface area contributed by atoms with Crippen molar-refractivity contribution in [3.05, 3.63) is 47.5 Å². The van der Waals surface area contributed by atoms with E-state index in [0.717, 1.165) is 6.42 Å². The van der Waals surface area contributed by atoms with Gasteiger partial charge in [0, 0.05) is 18.7 Å². The third-order valence-electron chi connectivity index (χ3n) is 4.72. The molecule has 0 atom stereocenters. The molecule has 0 spiro atoms. The highest BCUT2D eigenvalue weighted by Crippen LogP contribution is 2.32. The lowest BCUT2D eigenvalue weighted by Gasteiger charge is -2.26. The van der Waals surface area contributed by atoms with E-state index < -0.39 is 5.97 Å². The van der Waals surface area contributed by atoms with Crippen molar-refractivity contribution in [2.45, 2.75) is 33.3 Å². The van der Waals surface area contributed by atoms with Gasteiger partial charge in [-0.1, -0.05) is 12.1 Å². The Morgan fingerprint density at radius 3 is 2.64 bits per heavy atom. The van der Waals surface area contributed by atoms with Crippen LogP contribution in [0.1, 0.15) is 43.1 Å². The number of fused-ring (bicyclic) bond motifs is 1. The van der Waals surface area contributed by atoms with E-state index in [1.807, 2.05) is 20.8 Å². The van der Waals surface area contributed by atoms with Gasteiger partial charge in [-0.2, -0.15) is 0 Å². The fourth-order valence-electron chi connectivity index (χ4n) is 3.10. The van der Waals surface area contributed by atoms with Gasteiger partial charge in [-0.25, -0.2) is 4.79 Å². The third-order valence-corrected chi connectivity index (χ3v) is 4.72. The summed E-state index contributed by atoms with van der Waals surface area (Å²) >= 11 is 0. The molecule has 9 heteroatoms. The van der Waals surface area contributed by atoms with Crippen LogP contribution in [0.25, 0.3) is 0 Å². The van der Waals surface area contributed by atoms with Gasteiger partial charge in [0.1, 0.15) is 36.2 Å². The van der Waals surface area contributed by atoms with Crippen molar-refractivity contribution in [1.29, 1.82) is 0 Å². The maximum Gasteiger partial charge on any atom is 0.335 e. The van der Waals surface area contributed by atoms with Gasteiger partial charge in [-0.15, -0.1) is 0 Å². The summed E-state index contributed by atoms with van der Waals surface area (Å²) in [5.74, 6) is 0.0747. The van der Waals surface area contributed by atoms with Gasteiger partial charge >= 0.3 is 5.97 Å². The number of carbonyl (C=O) groups is 2. The van der Waals surface area contributed by atoms with Crippen LogP contribution in [0, 0.1) is 0 Å². The van der Waals surface area contributed by atoms with Crippen molar-refractivity contribution in [2.24, 2.45) is 5.16 Å². The lowest BCUT2D eigenvalue weighted by molar-refractivity contribution is -0.120. The minimum Gasteiger partial charge on any atom is -0.491 e. The van der Waals surface area contributed by atoms with Gasteiger partial charge in [0.25, 0.3) is 5.91 Å². The SMILES string of the molecule is CCCO/N=C(\COc1cc(OC(C)C)cc(C(=O)O)c1)c1ccc2c(c1)N(C)C(=O)CO2. The first kappa shape index (κ1) is 23.9. The van der Waals surface area contributed by atoms with E-state index in [0.29, 0.717) is 40.8 Å². The van der Waals surface area contributed by atoms with E-state index in [1.165, 1.54) is 17.0 Å². The van der Waals surface area contributed by atoms with Crippen LogP contribution in [0.15, 0.2) is 41.6 Å². The topological polar surface area (TPSA) is 107 Å². The van der Waals surface area contributed by atoms with Crippen molar-refractivity contribution < 1.29 is 33.7 Å². The van der Waals surface area contributed by atoms with Crippen LogP contribution in [0.4, 0.5) is 5.69 Å². The number of oxime groups is 1. The lowest BCUT2D eigenvalue weighted by Crippen LogP contribution is -2.35. The summed E-state index contributed by atoms with van der Waals surface area (Å²) in [4.78, 5) is 30.5. The van der Waals surface area contributed by atoms with Crippen LogP contribution in [0.5, 0.6) is 17.2 Å². The molecule has 1 amide bonds. The molecule has 0 unspecified atom stereocenters. The molecule has 1 N–H and O–H groups in total. The second-order valence-electron chi connectivity index (χ2n) is 7.75. The Morgan fingerprint density at radius 1 is 1.18 bits per heavy atom. The summed E-state index contributed by atoms with van der Waals surface area (Å²) in [5, 5.41) is 13.6. The number of nitrogens with zero attached hydrogens (tertiary/aromatic N) is 2. The van der Waals surface area contributed by atoms with Crippen LogP contribution in [0.3, 0.4) is 0 Å². The Bertz CT molecular complexity index is 1050. The first-order valence-corrected chi connectivity index (χ1v) is 10.7. The molecule has 0 aliphatic carbocycles. The molecular weight excluding hydrogens is 428 g/mol. The van der Waals surface area contributed by atoms with Gasteiger partial charge in [0.15, 0.2) is 6.61 Å². The van der Waals surface area contributed by atoms with Gasteiger partial charge in [0.05, 0.1) is 17.4 Å². The average molecular weight is 456 g/mol. The smallest absolute Gasteiger partial charge is 0.335 e. The van der Waals surface area contributed by atoms with E-state index in [2.05, 4.69) is 5.16 Å². The second kappa shape index (κ2) is 10.7. The zero-order valence-electron chi connectivity index (χ0n) is 19.2. The first-order valence-electron chi connectivity index (χ1n) is 10.7. The van der Waals surface area contributed by atoms with Gasteiger partial charge < -0.3 is 29.1 Å². The number of aromatic carboxylic acids is 1. The van der Waals surface area contributed by atoms with Gasteiger partial charge in [-0.3, -0.25) is 4.79 Å². The minimum atomic E-state index is -1.09. The molecule has 176 valence electrons. The summed E-state index contributed by atoms with van der Waals surface area (Å²) in [5.41, 5.74) is 1.83. The maximum absolute atomic E-state index is 12.0. The Kier molecular flexibility index (Phi) is 7.76. The largest absolute Gasteiger partial charge is 0.491 e. The number of amides is 1. The summed E-state index contributed by atoms with van der Waals surface area (Å²) < 4.78 is 17.0. The van der Waals surface area contributed by atoms with Crippen LogP contribution >= 0.6 is 0 Å². The standard InChI is InChI=1S/C24H28N2O7/c1-5-8-32-25-20(16-6-7-22-21(11-16)26(4)23(27)14-31-22)13-30-18-9-17(24(28)29)10-19(12-18)33-15(2)3/h6-7,9-12,15H,5,8,13-14H2,1-4H3,(H,28,29)/b25-20+. The van der Waals surface area contributed by atoms with Crippen molar-refractivity contribution >= 4 is 23.3 Å². The molecule has 0 saturated heterocycles. The van der Waals surface area contributed by atoms with E-state index >= 15 is 0 Å². The molecule has 0 aromatic heterocycles. The fourth-order valence-corrected chi connectivity index (χ4v) is 3.10. The normalized spacial score (nSPS) is 13.4. The number of hydrogen-bond donors (Lipinski definition) is 1. The minimum absolute atomic E-state index is 0.00517. The summed E-state index contributed by atoms with van der Waals surface area (Å²) in [7, 11) is 1.68. The maximum atomic E-state index is 12.0. The molecule has 0 radical (unpaired) electrons. The average Bonchev–Trinajstić information content (AvgIpc) is 2.78. The van der Waals surface area contributed by atoms with Crippen molar-refractivity contribution in [3.63, 3.8) is 0 Å². The van der Waals surface area contributed by atoms with Crippen LogP contribution in [-0.4, -0.2) is 55.7 Å². The number of rotatable bonds is 10. The monoisotopic (exact) mass is 456 g/mol. The van der Waals surface area contributed by atoms with E-state index in [-0.39, 0.29) is 30.8 Å². The molecule has 33 heavy (non-hydrogen) atoms. The number of ether oxygens (including phenoxy) is 3. The van der Waals surface area contributed by atoms with Crippen molar-refractivity contribution in [2.75, 3.05) is 31.8 Å². The summed E-state index contributed by atoms with van der Waals surface area (Å²) in [6.45, 7) is 6.10. The predicted molar refractivity (Wildman–Crippen MR) is 123 cm³/mol. The highest BCUT2D eigenvalue weighted by Gasteiger charge is 2.23. The number of carboxylic acid groups (broad SMARTS) is 1. The van der Waals surface area contributed by atoms with Crippen LogP contribution in [0.2, 0.25) is 0 Å². The Balaban J connectivity index is 1.88. The third kappa shape index (κ3) is 6.15. The molecule has 3 rings (SSSR count). The molecule has 0 saturated carbocycles. The number of hydrogen-bond acceptors (Lipinski definition) is 7. The molecular formula is C24H28N2O7. The summed E-state index contributed by atoms with van der Waals surface area (Å²) in [6, 6.07) is 9.86. The molecule has 1 aliphatic heterocycles. The molecule has 1 aliphatic rings.